The summed E-state index contributed by atoms with van der Waals surface area (Å²) in [5, 5.41) is 0. The molecule has 0 bridgehead atoms. The van der Waals surface area contributed by atoms with E-state index < -0.39 is 0 Å². The van der Waals surface area contributed by atoms with Crippen LogP contribution in [0.2, 0.25) is 0 Å². The highest BCUT2D eigenvalue weighted by molar-refractivity contribution is 9.10. The standard InChI is InChI=1S/C14H21BrN2O/c1-4-17(10-14(2,3)9-16)13(18)11-5-7-12(15)8-6-11/h5-8H,4,9-10,16H2,1-3H3. The van der Waals surface area contributed by atoms with Crippen molar-refractivity contribution in [1.82, 2.24) is 4.90 Å². The molecule has 1 aromatic rings. The number of carbonyl (C=O) groups excluding carboxylic acids is 1. The fraction of sp³-hybridized carbons (Fsp3) is 0.500. The van der Waals surface area contributed by atoms with Crippen LogP contribution >= 0.6 is 15.9 Å². The number of halogens is 1. The molecule has 0 aromatic heterocycles. The Labute approximate surface area is 117 Å². The topological polar surface area (TPSA) is 46.3 Å². The van der Waals surface area contributed by atoms with Crippen LogP contribution in [0.25, 0.3) is 0 Å². The highest BCUT2D eigenvalue weighted by Gasteiger charge is 2.23. The SMILES string of the molecule is CCN(CC(C)(C)CN)C(=O)c1ccc(Br)cc1. The van der Waals surface area contributed by atoms with E-state index in [-0.39, 0.29) is 11.3 Å². The summed E-state index contributed by atoms with van der Waals surface area (Å²) in [7, 11) is 0. The third kappa shape index (κ3) is 4.10. The van der Waals surface area contributed by atoms with Gasteiger partial charge in [0.1, 0.15) is 0 Å². The van der Waals surface area contributed by atoms with E-state index in [1.54, 1.807) is 0 Å². The van der Waals surface area contributed by atoms with Crippen molar-refractivity contribution in [2.75, 3.05) is 19.6 Å². The normalized spacial score (nSPS) is 11.4. The van der Waals surface area contributed by atoms with Gasteiger partial charge in [-0.15, -0.1) is 0 Å². The fourth-order valence-corrected chi connectivity index (χ4v) is 1.95. The number of benzene rings is 1. The summed E-state index contributed by atoms with van der Waals surface area (Å²) in [5.74, 6) is 0.0616. The summed E-state index contributed by atoms with van der Waals surface area (Å²) < 4.78 is 0.976. The minimum Gasteiger partial charge on any atom is -0.338 e. The fourth-order valence-electron chi connectivity index (χ4n) is 1.68. The first kappa shape index (κ1) is 15.2. The van der Waals surface area contributed by atoms with Crippen LogP contribution in [0.1, 0.15) is 31.1 Å². The van der Waals surface area contributed by atoms with Gasteiger partial charge in [-0.2, -0.15) is 0 Å². The second kappa shape index (κ2) is 6.34. The molecule has 100 valence electrons. The number of nitrogens with two attached hydrogens (primary N) is 1. The molecule has 4 heteroatoms. The Morgan fingerprint density at radius 2 is 1.89 bits per heavy atom. The lowest BCUT2D eigenvalue weighted by molar-refractivity contribution is 0.0701. The highest BCUT2D eigenvalue weighted by atomic mass is 79.9. The first-order chi connectivity index (χ1) is 8.39. The molecule has 2 N–H and O–H groups in total. The Hall–Kier alpha value is -0.870. The average molecular weight is 313 g/mol. The van der Waals surface area contributed by atoms with E-state index in [1.807, 2.05) is 36.1 Å². The van der Waals surface area contributed by atoms with Gasteiger partial charge in [0.15, 0.2) is 0 Å². The molecule has 1 aromatic carbocycles. The second-order valence-electron chi connectivity index (χ2n) is 5.19. The van der Waals surface area contributed by atoms with Crippen LogP contribution in [0.15, 0.2) is 28.7 Å². The van der Waals surface area contributed by atoms with Crippen molar-refractivity contribution in [2.45, 2.75) is 20.8 Å². The molecule has 0 aliphatic carbocycles. The zero-order valence-corrected chi connectivity index (χ0v) is 12.8. The molecule has 1 rings (SSSR count). The number of rotatable bonds is 5. The van der Waals surface area contributed by atoms with Crippen LogP contribution < -0.4 is 5.73 Å². The van der Waals surface area contributed by atoms with Gasteiger partial charge in [0, 0.05) is 23.1 Å². The van der Waals surface area contributed by atoms with Crippen LogP contribution in [0, 0.1) is 5.41 Å². The van der Waals surface area contributed by atoms with Gasteiger partial charge in [-0.25, -0.2) is 0 Å². The average Bonchev–Trinajstić information content (AvgIpc) is 2.36. The van der Waals surface area contributed by atoms with Gasteiger partial charge in [-0.1, -0.05) is 29.8 Å². The number of nitrogens with zero attached hydrogens (tertiary/aromatic N) is 1. The Kier molecular flexibility index (Phi) is 5.35. The van der Waals surface area contributed by atoms with E-state index in [1.165, 1.54) is 0 Å². The number of carbonyl (C=O) groups is 1. The van der Waals surface area contributed by atoms with E-state index in [0.29, 0.717) is 25.2 Å². The monoisotopic (exact) mass is 312 g/mol. The number of amides is 1. The molecule has 3 nitrogen and oxygen atoms in total. The molecule has 0 heterocycles. The molecular formula is C14H21BrN2O. The molecule has 0 atom stereocenters. The zero-order chi connectivity index (χ0) is 13.8. The predicted octanol–water partition coefficient (Wildman–Crippen LogP) is 2.90. The van der Waals surface area contributed by atoms with Crippen LogP contribution in [0.3, 0.4) is 0 Å². The molecule has 0 aliphatic rings. The van der Waals surface area contributed by atoms with Crippen molar-refractivity contribution in [3.05, 3.63) is 34.3 Å². The van der Waals surface area contributed by atoms with Crippen LogP contribution in [-0.2, 0) is 0 Å². The lowest BCUT2D eigenvalue weighted by atomic mass is 9.93. The summed E-state index contributed by atoms with van der Waals surface area (Å²) in [6.07, 6.45) is 0. The van der Waals surface area contributed by atoms with Gasteiger partial charge in [0.05, 0.1) is 0 Å². The minimum absolute atomic E-state index is 0.0545. The smallest absolute Gasteiger partial charge is 0.253 e. The molecule has 1 amide bonds. The Morgan fingerprint density at radius 1 is 1.33 bits per heavy atom. The second-order valence-corrected chi connectivity index (χ2v) is 6.11. The maximum Gasteiger partial charge on any atom is 0.253 e. The van der Waals surface area contributed by atoms with Gasteiger partial charge in [-0.05, 0) is 43.1 Å². The number of hydrogen-bond donors (Lipinski definition) is 1. The predicted molar refractivity (Wildman–Crippen MR) is 78.6 cm³/mol. The van der Waals surface area contributed by atoms with E-state index in [9.17, 15) is 4.79 Å². The van der Waals surface area contributed by atoms with Gasteiger partial charge in [-0.3, -0.25) is 4.79 Å². The third-order valence-corrected chi connectivity index (χ3v) is 3.46. The molecule has 0 unspecified atom stereocenters. The molecule has 0 spiro atoms. The summed E-state index contributed by atoms with van der Waals surface area (Å²) >= 11 is 3.37. The van der Waals surface area contributed by atoms with Gasteiger partial charge >= 0.3 is 0 Å². The zero-order valence-electron chi connectivity index (χ0n) is 11.2. The third-order valence-electron chi connectivity index (χ3n) is 2.93. The van der Waals surface area contributed by atoms with Crippen LogP contribution in [0.5, 0.6) is 0 Å². The van der Waals surface area contributed by atoms with Gasteiger partial charge in [0.2, 0.25) is 0 Å². The van der Waals surface area contributed by atoms with Crippen molar-refractivity contribution in [1.29, 1.82) is 0 Å². The molecule has 0 fully saturated rings. The van der Waals surface area contributed by atoms with E-state index in [2.05, 4.69) is 29.8 Å². The largest absolute Gasteiger partial charge is 0.338 e. The summed E-state index contributed by atoms with van der Waals surface area (Å²) in [6, 6.07) is 7.44. The minimum atomic E-state index is -0.0545. The maximum atomic E-state index is 12.4. The molecule has 18 heavy (non-hydrogen) atoms. The van der Waals surface area contributed by atoms with Crippen molar-refractivity contribution >= 4 is 21.8 Å². The summed E-state index contributed by atoms with van der Waals surface area (Å²) in [5.41, 5.74) is 6.38. The van der Waals surface area contributed by atoms with Crippen LogP contribution in [0.4, 0.5) is 0 Å². The number of hydrogen-bond acceptors (Lipinski definition) is 2. The van der Waals surface area contributed by atoms with Crippen molar-refractivity contribution in [3.63, 3.8) is 0 Å². The molecule has 0 saturated heterocycles. The Morgan fingerprint density at radius 3 is 2.33 bits per heavy atom. The Balaban J connectivity index is 2.82. The molecule has 0 radical (unpaired) electrons. The first-order valence-electron chi connectivity index (χ1n) is 6.14. The summed E-state index contributed by atoms with van der Waals surface area (Å²) in [4.78, 5) is 14.2. The molecule has 0 saturated carbocycles. The van der Waals surface area contributed by atoms with Gasteiger partial charge in [0.25, 0.3) is 5.91 Å². The molecule has 0 aliphatic heterocycles. The lowest BCUT2D eigenvalue weighted by Crippen LogP contribution is -2.41. The summed E-state index contributed by atoms with van der Waals surface area (Å²) in [6.45, 7) is 8.07. The van der Waals surface area contributed by atoms with E-state index in [4.69, 9.17) is 5.73 Å². The van der Waals surface area contributed by atoms with Crippen molar-refractivity contribution in [3.8, 4) is 0 Å². The molecular weight excluding hydrogens is 292 g/mol. The lowest BCUT2D eigenvalue weighted by Gasteiger charge is -2.31. The van der Waals surface area contributed by atoms with E-state index in [0.717, 1.165) is 4.47 Å². The highest BCUT2D eigenvalue weighted by Crippen LogP contribution is 2.18. The first-order valence-corrected chi connectivity index (χ1v) is 6.94. The van der Waals surface area contributed by atoms with Crippen LogP contribution in [-0.4, -0.2) is 30.4 Å². The Bertz CT molecular complexity index is 401. The van der Waals surface area contributed by atoms with Gasteiger partial charge < -0.3 is 10.6 Å². The quantitative estimate of drug-likeness (QED) is 0.908. The van der Waals surface area contributed by atoms with Crippen molar-refractivity contribution < 1.29 is 4.79 Å². The van der Waals surface area contributed by atoms with E-state index >= 15 is 0 Å². The maximum absolute atomic E-state index is 12.4. The van der Waals surface area contributed by atoms with Crippen molar-refractivity contribution in [2.24, 2.45) is 11.1 Å².